The Morgan fingerprint density at radius 3 is 2.61 bits per heavy atom. The molecule has 0 saturated carbocycles. The second-order valence-corrected chi connectivity index (χ2v) is 11.6. The van der Waals surface area contributed by atoms with E-state index in [1.807, 2.05) is 31.7 Å². The molecule has 10 nitrogen and oxygen atoms in total. The lowest BCUT2D eigenvalue weighted by Gasteiger charge is -2.47. The summed E-state index contributed by atoms with van der Waals surface area (Å²) in [7, 11) is 1.62. The molecular formula is C31H38N6O4. The quantitative estimate of drug-likeness (QED) is 0.424. The third-order valence-electron chi connectivity index (χ3n) is 8.27. The number of carboxylic acid groups (broad SMARTS) is 1. The molecule has 0 spiro atoms. The van der Waals surface area contributed by atoms with E-state index >= 15 is 0 Å². The zero-order chi connectivity index (χ0) is 29.5. The molecule has 1 saturated heterocycles. The Labute approximate surface area is 240 Å². The molecule has 1 aromatic carbocycles. The number of piperazine rings is 1. The molecule has 0 bridgehead atoms. The molecule has 2 atom stereocenters. The molecule has 41 heavy (non-hydrogen) atoms. The number of nitrogens with zero attached hydrogens (tertiary/aromatic N) is 5. The average Bonchev–Trinajstić information content (AvgIpc) is 3.34. The van der Waals surface area contributed by atoms with Gasteiger partial charge in [0.15, 0.2) is 5.82 Å². The van der Waals surface area contributed by atoms with Gasteiger partial charge in [0, 0.05) is 26.7 Å². The van der Waals surface area contributed by atoms with Crippen molar-refractivity contribution >= 4 is 23.5 Å². The van der Waals surface area contributed by atoms with E-state index in [-0.39, 0.29) is 29.3 Å². The highest BCUT2D eigenvalue weighted by molar-refractivity contribution is 5.93. The van der Waals surface area contributed by atoms with Crippen LogP contribution in [0.25, 0.3) is 0 Å². The number of hydrogen-bond donors (Lipinski definition) is 2. The fourth-order valence-corrected chi connectivity index (χ4v) is 6.05. The Morgan fingerprint density at radius 1 is 1.17 bits per heavy atom. The number of nitrogens with one attached hydrogen (secondary N) is 1. The summed E-state index contributed by atoms with van der Waals surface area (Å²) in [4.78, 5) is 43.4. The number of pyridine rings is 1. The van der Waals surface area contributed by atoms with Crippen molar-refractivity contribution in [1.82, 2.24) is 19.9 Å². The fraction of sp³-hybridized carbons (Fsp3) is 0.452. The largest absolute Gasteiger partial charge is 0.478 e. The van der Waals surface area contributed by atoms with Crippen molar-refractivity contribution in [2.45, 2.75) is 65.1 Å². The molecule has 0 radical (unpaired) electrons. The average molecular weight is 559 g/mol. The van der Waals surface area contributed by atoms with Gasteiger partial charge in [-0.3, -0.25) is 4.79 Å². The van der Waals surface area contributed by atoms with Crippen LogP contribution in [0.5, 0.6) is 0 Å². The number of ether oxygens (including phenoxy) is 1. The lowest BCUT2D eigenvalue weighted by Crippen LogP contribution is -2.61. The van der Waals surface area contributed by atoms with Gasteiger partial charge in [-0.25, -0.2) is 19.7 Å². The molecule has 0 unspecified atom stereocenters. The zero-order valence-electron chi connectivity index (χ0n) is 24.6. The van der Waals surface area contributed by atoms with Crippen LogP contribution in [-0.2, 0) is 11.2 Å². The number of anilines is 2. The first-order chi connectivity index (χ1) is 19.5. The summed E-state index contributed by atoms with van der Waals surface area (Å²) in [6, 6.07) is 10.4. The van der Waals surface area contributed by atoms with Crippen LogP contribution in [0.1, 0.15) is 88.3 Å². The minimum absolute atomic E-state index is 0.127. The summed E-state index contributed by atoms with van der Waals surface area (Å²) in [5, 5.41) is 13.1. The summed E-state index contributed by atoms with van der Waals surface area (Å²) < 4.78 is 5.62. The van der Waals surface area contributed by atoms with Crippen LogP contribution < -0.4 is 10.2 Å². The second-order valence-electron chi connectivity index (χ2n) is 11.6. The summed E-state index contributed by atoms with van der Waals surface area (Å²) >= 11 is 0. The summed E-state index contributed by atoms with van der Waals surface area (Å²) in [6.45, 7) is 11.0. The maximum atomic E-state index is 13.8. The highest BCUT2D eigenvalue weighted by Crippen LogP contribution is 2.35. The van der Waals surface area contributed by atoms with Crippen LogP contribution in [0.2, 0.25) is 0 Å². The van der Waals surface area contributed by atoms with Gasteiger partial charge < -0.3 is 25.0 Å². The number of fused-ring (bicyclic) bond motifs is 1. The monoisotopic (exact) mass is 558 g/mol. The number of methoxy groups -OCH3 is 1. The molecule has 1 aliphatic carbocycles. The SMILES string of the molecule is CO[C@H](C)c1nc(C(=O)N2CCN(c3cc(C)c(C(=O)O)c(C)n3)CC2(C)C)cnc1N[C@@H]1CCc2ccccc21. The standard InChI is InChI=1S/C31H38N6O4/c1-18-15-25(33-19(2)26(18)30(39)40)36-13-14-37(31(4,5)17-36)29(38)24-16-32-28(27(34-24)20(3)41-6)35-23-12-11-21-9-7-8-10-22(21)23/h7-10,15-16,20,23H,11-14,17H2,1-6H3,(H,32,35)(H,39,40)/t20-,23-/m1/s1. The number of aromatic carboxylic acids is 1. The Kier molecular flexibility index (Phi) is 7.70. The smallest absolute Gasteiger partial charge is 0.337 e. The summed E-state index contributed by atoms with van der Waals surface area (Å²) in [5.41, 5.74) is 4.33. The van der Waals surface area contributed by atoms with Crippen molar-refractivity contribution < 1.29 is 19.4 Å². The van der Waals surface area contributed by atoms with E-state index in [0.29, 0.717) is 48.2 Å². The molecule has 216 valence electrons. The fourth-order valence-electron chi connectivity index (χ4n) is 6.05. The topological polar surface area (TPSA) is 121 Å². The Hall–Kier alpha value is -4.05. The molecular weight excluding hydrogens is 520 g/mol. The van der Waals surface area contributed by atoms with Gasteiger partial charge in [0.25, 0.3) is 5.91 Å². The van der Waals surface area contributed by atoms with Gasteiger partial charge in [-0.1, -0.05) is 24.3 Å². The normalized spacial score (nSPS) is 18.6. The Bertz CT molecular complexity index is 1470. The summed E-state index contributed by atoms with van der Waals surface area (Å²) in [5.74, 6) is 0.173. The number of aryl methyl sites for hydroxylation is 3. The first-order valence-electron chi connectivity index (χ1n) is 14.0. The van der Waals surface area contributed by atoms with E-state index in [2.05, 4.69) is 44.5 Å². The number of amides is 1. The van der Waals surface area contributed by atoms with E-state index in [9.17, 15) is 14.7 Å². The first kappa shape index (κ1) is 28.5. The Morgan fingerprint density at radius 2 is 1.93 bits per heavy atom. The molecule has 1 fully saturated rings. The highest BCUT2D eigenvalue weighted by atomic mass is 16.5. The third kappa shape index (κ3) is 5.48. The van der Waals surface area contributed by atoms with Crippen molar-refractivity contribution in [1.29, 1.82) is 0 Å². The van der Waals surface area contributed by atoms with Crippen LogP contribution >= 0.6 is 0 Å². The number of benzene rings is 1. The minimum atomic E-state index is -0.979. The van der Waals surface area contributed by atoms with E-state index in [1.165, 1.54) is 11.1 Å². The van der Waals surface area contributed by atoms with Crippen LogP contribution in [0.15, 0.2) is 36.5 Å². The maximum Gasteiger partial charge on any atom is 0.337 e. The van der Waals surface area contributed by atoms with Crippen molar-refractivity contribution in [3.8, 4) is 0 Å². The molecule has 2 aromatic heterocycles. The van der Waals surface area contributed by atoms with Crippen LogP contribution in [0.4, 0.5) is 11.6 Å². The lowest BCUT2D eigenvalue weighted by atomic mass is 9.97. The van der Waals surface area contributed by atoms with Gasteiger partial charge in [-0.15, -0.1) is 0 Å². The number of carbonyl (C=O) groups excluding carboxylic acids is 1. The Balaban J connectivity index is 1.36. The molecule has 3 aromatic rings. The maximum absolute atomic E-state index is 13.8. The van der Waals surface area contributed by atoms with E-state index < -0.39 is 11.5 Å². The van der Waals surface area contributed by atoms with Crippen molar-refractivity contribution in [2.24, 2.45) is 0 Å². The second kappa shape index (κ2) is 11.1. The van der Waals surface area contributed by atoms with Gasteiger partial charge >= 0.3 is 5.97 Å². The predicted molar refractivity (Wildman–Crippen MR) is 157 cm³/mol. The third-order valence-corrected chi connectivity index (χ3v) is 8.27. The van der Waals surface area contributed by atoms with E-state index in [0.717, 1.165) is 12.8 Å². The zero-order valence-corrected chi connectivity index (χ0v) is 24.6. The highest BCUT2D eigenvalue weighted by Gasteiger charge is 2.39. The molecule has 3 heterocycles. The van der Waals surface area contributed by atoms with Crippen LogP contribution in [-0.4, -0.2) is 69.1 Å². The summed E-state index contributed by atoms with van der Waals surface area (Å²) in [6.07, 6.45) is 3.17. The molecule has 2 aliphatic rings. The number of carboxylic acids is 1. The van der Waals surface area contributed by atoms with Gasteiger partial charge in [0.2, 0.25) is 0 Å². The van der Waals surface area contributed by atoms with E-state index in [4.69, 9.17) is 9.72 Å². The van der Waals surface area contributed by atoms with Crippen molar-refractivity contribution in [2.75, 3.05) is 37.0 Å². The molecule has 10 heteroatoms. The molecule has 2 N–H and O–H groups in total. The van der Waals surface area contributed by atoms with Gasteiger partial charge in [0.1, 0.15) is 23.3 Å². The molecule has 1 amide bonds. The number of rotatable bonds is 7. The van der Waals surface area contributed by atoms with Crippen molar-refractivity contribution in [3.63, 3.8) is 0 Å². The number of aromatic nitrogens is 3. The minimum Gasteiger partial charge on any atom is -0.478 e. The molecule has 5 rings (SSSR count). The predicted octanol–water partition coefficient (Wildman–Crippen LogP) is 4.73. The van der Waals surface area contributed by atoms with E-state index in [1.54, 1.807) is 27.2 Å². The number of carbonyl (C=O) groups is 2. The van der Waals surface area contributed by atoms with Gasteiger partial charge in [-0.2, -0.15) is 0 Å². The number of hydrogen-bond acceptors (Lipinski definition) is 8. The first-order valence-corrected chi connectivity index (χ1v) is 14.0. The van der Waals surface area contributed by atoms with Gasteiger partial charge in [-0.05, 0) is 70.2 Å². The molecule has 1 aliphatic heterocycles. The lowest BCUT2D eigenvalue weighted by molar-refractivity contribution is 0.0504. The van der Waals surface area contributed by atoms with Crippen LogP contribution in [0.3, 0.4) is 0 Å². The van der Waals surface area contributed by atoms with Crippen LogP contribution in [0, 0.1) is 13.8 Å². The van der Waals surface area contributed by atoms with Crippen molar-refractivity contribution in [3.05, 3.63) is 75.9 Å². The van der Waals surface area contributed by atoms with Gasteiger partial charge in [0.05, 0.1) is 29.0 Å².